The lowest BCUT2D eigenvalue weighted by Gasteiger charge is -2.20. The third-order valence-electron chi connectivity index (χ3n) is 2.73. The molecule has 1 atom stereocenters. The van der Waals surface area contributed by atoms with Gasteiger partial charge in [-0.3, -0.25) is 0 Å². The maximum atomic E-state index is 5.43. The van der Waals surface area contributed by atoms with Gasteiger partial charge in [0.15, 0.2) is 11.5 Å². The summed E-state index contributed by atoms with van der Waals surface area (Å²) < 4.78 is 10.7. The molecule has 1 rings (SSSR count). The number of ether oxygens (including phenoxy) is 2. The van der Waals surface area contributed by atoms with Crippen molar-refractivity contribution in [2.24, 2.45) is 0 Å². The molecule has 0 aliphatic carbocycles. The third-order valence-corrected chi connectivity index (χ3v) is 2.73. The first-order chi connectivity index (χ1) is 7.78. The molecule has 0 heterocycles. The van der Waals surface area contributed by atoms with Crippen LogP contribution in [0.2, 0.25) is 0 Å². The van der Waals surface area contributed by atoms with Crippen molar-refractivity contribution >= 4 is 0 Å². The first kappa shape index (κ1) is 12.8. The van der Waals surface area contributed by atoms with Crippen molar-refractivity contribution in [3.63, 3.8) is 0 Å². The highest BCUT2D eigenvalue weighted by atomic mass is 16.5. The molecule has 0 aliphatic rings. The maximum Gasteiger partial charge on any atom is 0.165 e. The first-order valence-electron chi connectivity index (χ1n) is 5.66. The molecule has 0 aromatic heterocycles. The van der Waals surface area contributed by atoms with E-state index in [-0.39, 0.29) is 0 Å². The second kappa shape index (κ2) is 6.38. The Morgan fingerprint density at radius 3 is 2.50 bits per heavy atom. The zero-order valence-corrected chi connectivity index (χ0v) is 10.5. The summed E-state index contributed by atoms with van der Waals surface area (Å²) in [6.07, 6.45) is 2.21. The molecular formula is C13H21NO2. The number of methoxy groups -OCH3 is 2. The summed E-state index contributed by atoms with van der Waals surface area (Å²) in [4.78, 5) is 0. The SMILES string of the molecule is CCCC(NC)c1cccc(OC)c1OC. The Morgan fingerprint density at radius 2 is 2.00 bits per heavy atom. The van der Waals surface area contributed by atoms with E-state index in [0.717, 1.165) is 29.9 Å². The third kappa shape index (κ3) is 2.67. The van der Waals surface area contributed by atoms with Crippen LogP contribution in [0, 0.1) is 0 Å². The van der Waals surface area contributed by atoms with Gasteiger partial charge in [0, 0.05) is 11.6 Å². The van der Waals surface area contributed by atoms with Gasteiger partial charge in [-0.15, -0.1) is 0 Å². The van der Waals surface area contributed by atoms with Crippen molar-refractivity contribution in [2.45, 2.75) is 25.8 Å². The zero-order valence-electron chi connectivity index (χ0n) is 10.5. The van der Waals surface area contributed by atoms with Gasteiger partial charge < -0.3 is 14.8 Å². The summed E-state index contributed by atoms with van der Waals surface area (Å²) >= 11 is 0. The number of para-hydroxylation sites is 1. The molecule has 0 spiro atoms. The van der Waals surface area contributed by atoms with Crippen molar-refractivity contribution in [3.8, 4) is 11.5 Å². The molecule has 1 unspecified atom stereocenters. The van der Waals surface area contributed by atoms with Crippen LogP contribution < -0.4 is 14.8 Å². The van der Waals surface area contributed by atoms with E-state index in [9.17, 15) is 0 Å². The van der Waals surface area contributed by atoms with Crippen LogP contribution in [-0.4, -0.2) is 21.3 Å². The molecule has 0 amide bonds. The predicted octanol–water partition coefficient (Wildman–Crippen LogP) is 2.76. The van der Waals surface area contributed by atoms with E-state index in [1.54, 1.807) is 14.2 Å². The average Bonchev–Trinajstić information content (AvgIpc) is 2.34. The summed E-state index contributed by atoms with van der Waals surface area (Å²) in [6, 6.07) is 6.31. The zero-order chi connectivity index (χ0) is 12.0. The number of rotatable bonds is 6. The molecule has 3 nitrogen and oxygen atoms in total. The van der Waals surface area contributed by atoms with Gasteiger partial charge in [0.05, 0.1) is 14.2 Å². The smallest absolute Gasteiger partial charge is 0.165 e. The Kier molecular flexibility index (Phi) is 5.12. The lowest BCUT2D eigenvalue weighted by molar-refractivity contribution is 0.346. The number of benzene rings is 1. The molecule has 90 valence electrons. The van der Waals surface area contributed by atoms with E-state index >= 15 is 0 Å². The molecule has 0 fully saturated rings. The Hall–Kier alpha value is -1.22. The van der Waals surface area contributed by atoms with E-state index in [1.165, 1.54) is 0 Å². The largest absolute Gasteiger partial charge is 0.493 e. The van der Waals surface area contributed by atoms with Crippen LogP contribution >= 0.6 is 0 Å². The van der Waals surface area contributed by atoms with E-state index in [0.29, 0.717) is 6.04 Å². The van der Waals surface area contributed by atoms with Crippen molar-refractivity contribution in [1.29, 1.82) is 0 Å². The van der Waals surface area contributed by atoms with Crippen LogP contribution in [0.4, 0.5) is 0 Å². The summed E-state index contributed by atoms with van der Waals surface area (Å²) in [7, 11) is 5.31. The number of hydrogen-bond donors (Lipinski definition) is 1. The monoisotopic (exact) mass is 223 g/mol. The highest BCUT2D eigenvalue weighted by Crippen LogP contribution is 2.35. The van der Waals surface area contributed by atoms with Crippen molar-refractivity contribution < 1.29 is 9.47 Å². The second-order valence-electron chi connectivity index (χ2n) is 3.71. The van der Waals surface area contributed by atoms with E-state index in [2.05, 4.69) is 18.3 Å². The van der Waals surface area contributed by atoms with Crippen LogP contribution in [0.25, 0.3) is 0 Å². The first-order valence-corrected chi connectivity index (χ1v) is 5.66. The van der Waals surface area contributed by atoms with Gasteiger partial charge in [0.1, 0.15) is 0 Å². The van der Waals surface area contributed by atoms with Crippen molar-refractivity contribution in [2.75, 3.05) is 21.3 Å². The fraction of sp³-hybridized carbons (Fsp3) is 0.538. The van der Waals surface area contributed by atoms with Gasteiger partial charge in [-0.05, 0) is 19.5 Å². The molecule has 0 radical (unpaired) electrons. The lowest BCUT2D eigenvalue weighted by Crippen LogP contribution is -2.17. The maximum absolute atomic E-state index is 5.43. The standard InChI is InChI=1S/C13H21NO2/c1-5-7-11(14-2)10-8-6-9-12(15-3)13(10)16-4/h6,8-9,11,14H,5,7H2,1-4H3. The molecule has 1 aromatic rings. The minimum absolute atomic E-state index is 0.315. The van der Waals surface area contributed by atoms with Crippen LogP contribution in [0.5, 0.6) is 11.5 Å². The molecule has 0 aliphatic heterocycles. The highest BCUT2D eigenvalue weighted by Gasteiger charge is 2.16. The van der Waals surface area contributed by atoms with Gasteiger partial charge in [0.2, 0.25) is 0 Å². The molecule has 16 heavy (non-hydrogen) atoms. The number of nitrogens with one attached hydrogen (secondary N) is 1. The number of hydrogen-bond acceptors (Lipinski definition) is 3. The Balaban J connectivity index is 3.09. The Morgan fingerprint density at radius 1 is 1.25 bits per heavy atom. The molecule has 0 bridgehead atoms. The molecule has 0 saturated carbocycles. The second-order valence-corrected chi connectivity index (χ2v) is 3.71. The summed E-state index contributed by atoms with van der Waals surface area (Å²) in [5.74, 6) is 1.62. The lowest BCUT2D eigenvalue weighted by atomic mass is 10.0. The van der Waals surface area contributed by atoms with Gasteiger partial charge in [-0.1, -0.05) is 25.5 Å². The summed E-state index contributed by atoms with van der Waals surface area (Å²) in [6.45, 7) is 2.18. The molecule has 1 N–H and O–H groups in total. The van der Waals surface area contributed by atoms with E-state index in [1.807, 2.05) is 19.2 Å². The fourth-order valence-electron chi connectivity index (χ4n) is 1.93. The normalized spacial score (nSPS) is 12.2. The van der Waals surface area contributed by atoms with E-state index in [4.69, 9.17) is 9.47 Å². The molecule has 3 heteroatoms. The Labute approximate surface area is 97.8 Å². The highest BCUT2D eigenvalue weighted by molar-refractivity contribution is 5.48. The predicted molar refractivity (Wildman–Crippen MR) is 66.3 cm³/mol. The van der Waals surface area contributed by atoms with Crippen molar-refractivity contribution in [3.05, 3.63) is 23.8 Å². The molecular weight excluding hydrogens is 202 g/mol. The fourth-order valence-corrected chi connectivity index (χ4v) is 1.93. The van der Waals surface area contributed by atoms with Gasteiger partial charge >= 0.3 is 0 Å². The minimum atomic E-state index is 0.315. The van der Waals surface area contributed by atoms with Gasteiger partial charge in [0.25, 0.3) is 0 Å². The summed E-state index contributed by atoms with van der Waals surface area (Å²) in [5, 5.41) is 3.31. The minimum Gasteiger partial charge on any atom is -0.493 e. The summed E-state index contributed by atoms with van der Waals surface area (Å²) in [5.41, 5.74) is 1.16. The quantitative estimate of drug-likeness (QED) is 0.804. The topological polar surface area (TPSA) is 30.5 Å². The average molecular weight is 223 g/mol. The van der Waals surface area contributed by atoms with Gasteiger partial charge in [-0.2, -0.15) is 0 Å². The van der Waals surface area contributed by atoms with Crippen LogP contribution in [0.3, 0.4) is 0 Å². The van der Waals surface area contributed by atoms with Crippen molar-refractivity contribution in [1.82, 2.24) is 5.32 Å². The Bertz CT molecular complexity index is 326. The molecule has 1 aromatic carbocycles. The molecule has 0 saturated heterocycles. The van der Waals surface area contributed by atoms with Crippen LogP contribution in [-0.2, 0) is 0 Å². The van der Waals surface area contributed by atoms with Gasteiger partial charge in [-0.25, -0.2) is 0 Å². The van der Waals surface area contributed by atoms with Crippen LogP contribution in [0.15, 0.2) is 18.2 Å². The van der Waals surface area contributed by atoms with E-state index < -0.39 is 0 Å². The van der Waals surface area contributed by atoms with Crippen LogP contribution in [0.1, 0.15) is 31.4 Å².